The predicted octanol–water partition coefficient (Wildman–Crippen LogP) is 0.959. The normalized spacial score (nSPS) is 28.5. The zero-order valence-corrected chi connectivity index (χ0v) is 13.4. The van der Waals surface area contributed by atoms with Gasteiger partial charge in [0.1, 0.15) is 5.78 Å². The Morgan fingerprint density at radius 2 is 1.95 bits per heavy atom. The van der Waals surface area contributed by atoms with E-state index in [4.69, 9.17) is 0 Å². The first-order valence-electron chi connectivity index (χ1n) is 7.62. The van der Waals surface area contributed by atoms with Gasteiger partial charge in [-0.05, 0) is 31.8 Å². The summed E-state index contributed by atoms with van der Waals surface area (Å²) < 4.78 is 24.8. The van der Waals surface area contributed by atoms with Crippen LogP contribution in [0.5, 0.6) is 0 Å². The number of carbonyl (C=O) groups is 1. The Morgan fingerprint density at radius 1 is 1.25 bits per heavy atom. The lowest BCUT2D eigenvalue weighted by atomic mass is 9.87. The molecule has 2 rings (SSSR count). The van der Waals surface area contributed by atoms with Crippen LogP contribution in [0.15, 0.2) is 0 Å². The molecule has 116 valence electrons. The second kappa shape index (κ2) is 6.54. The number of ketones is 1. The van der Waals surface area contributed by atoms with Gasteiger partial charge in [0.2, 0.25) is 10.0 Å². The van der Waals surface area contributed by atoms with Crippen molar-refractivity contribution >= 4 is 15.8 Å². The maximum absolute atomic E-state index is 12.4. The average Bonchev–Trinajstić information content (AvgIpc) is 2.71. The lowest BCUT2D eigenvalue weighted by Crippen LogP contribution is -2.39. The molecule has 0 radical (unpaired) electrons. The van der Waals surface area contributed by atoms with Gasteiger partial charge >= 0.3 is 0 Å². The molecule has 0 aromatic rings. The number of likely N-dealkylation sites (tertiary alicyclic amines) is 1. The van der Waals surface area contributed by atoms with Crippen molar-refractivity contribution in [3.63, 3.8) is 0 Å². The van der Waals surface area contributed by atoms with Crippen molar-refractivity contribution in [2.24, 2.45) is 11.8 Å². The van der Waals surface area contributed by atoms with Crippen LogP contribution >= 0.6 is 0 Å². The summed E-state index contributed by atoms with van der Waals surface area (Å²) in [5.74, 6) is 0.367. The molecule has 20 heavy (non-hydrogen) atoms. The molecule has 0 N–H and O–H groups in total. The minimum Gasteiger partial charge on any atom is -0.303 e. The molecule has 2 saturated heterocycles. The summed E-state index contributed by atoms with van der Waals surface area (Å²) >= 11 is 0. The van der Waals surface area contributed by atoms with Gasteiger partial charge in [0.05, 0.1) is 6.26 Å². The summed E-state index contributed by atoms with van der Waals surface area (Å²) in [5.41, 5.74) is 0. The molecule has 0 aliphatic carbocycles. The molecule has 0 aromatic carbocycles. The molecular weight excluding hydrogens is 276 g/mol. The molecule has 0 aromatic heterocycles. The number of nitrogens with zero attached hydrogens (tertiary/aromatic N) is 2. The van der Waals surface area contributed by atoms with Crippen LogP contribution < -0.4 is 0 Å². The molecule has 2 atom stereocenters. The van der Waals surface area contributed by atoms with E-state index in [1.54, 1.807) is 0 Å². The van der Waals surface area contributed by atoms with E-state index in [2.05, 4.69) is 11.8 Å². The first-order chi connectivity index (χ1) is 9.41. The van der Waals surface area contributed by atoms with Gasteiger partial charge < -0.3 is 4.90 Å². The zero-order chi connectivity index (χ0) is 14.8. The maximum atomic E-state index is 12.4. The number of hydrogen-bond acceptors (Lipinski definition) is 4. The molecule has 6 heteroatoms. The Hall–Kier alpha value is -0.460. The van der Waals surface area contributed by atoms with E-state index < -0.39 is 10.0 Å². The Kier molecular flexibility index (Phi) is 5.20. The molecule has 2 aliphatic rings. The van der Waals surface area contributed by atoms with Crippen molar-refractivity contribution in [3.8, 4) is 0 Å². The van der Waals surface area contributed by atoms with Crippen LogP contribution in [0.2, 0.25) is 0 Å². The highest BCUT2D eigenvalue weighted by Gasteiger charge is 2.39. The molecule has 2 fully saturated rings. The predicted molar refractivity (Wildman–Crippen MR) is 79.0 cm³/mol. The van der Waals surface area contributed by atoms with E-state index in [1.165, 1.54) is 17.0 Å². The maximum Gasteiger partial charge on any atom is 0.211 e. The van der Waals surface area contributed by atoms with Gasteiger partial charge in [-0.2, -0.15) is 0 Å². The average molecular weight is 302 g/mol. The fourth-order valence-electron chi connectivity index (χ4n) is 3.19. The van der Waals surface area contributed by atoms with E-state index in [-0.39, 0.29) is 17.6 Å². The van der Waals surface area contributed by atoms with E-state index in [0.29, 0.717) is 19.5 Å². The topological polar surface area (TPSA) is 57.7 Å². The van der Waals surface area contributed by atoms with Crippen molar-refractivity contribution in [2.75, 3.05) is 39.0 Å². The van der Waals surface area contributed by atoms with Gasteiger partial charge in [0.25, 0.3) is 0 Å². The molecule has 0 saturated carbocycles. The van der Waals surface area contributed by atoms with Crippen molar-refractivity contribution in [1.29, 1.82) is 0 Å². The largest absolute Gasteiger partial charge is 0.303 e. The zero-order valence-electron chi connectivity index (χ0n) is 12.5. The first kappa shape index (κ1) is 15.9. The SMILES string of the molecule is CCC[C@H]1CN(S(C)(=O)=O)CC1C(=O)CCN1CCC1. The quantitative estimate of drug-likeness (QED) is 0.703. The second-order valence-electron chi connectivity index (χ2n) is 6.15. The number of rotatable bonds is 7. The monoisotopic (exact) mass is 302 g/mol. The van der Waals surface area contributed by atoms with Gasteiger partial charge in [0.15, 0.2) is 0 Å². The third-order valence-corrected chi connectivity index (χ3v) is 5.81. The highest BCUT2D eigenvalue weighted by molar-refractivity contribution is 7.88. The van der Waals surface area contributed by atoms with Crippen LogP contribution in [0.25, 0.3) is 0 Å². The number of hydrogen-bond donors (Lipinski definition) is 0. The van der Waals surface area contributed by atoms with Crippen molar-refractivity contribution in [3.05, 3.63) is 0 Å². The van der Waals surface area contributed by atoms with Crippen LogP contribution in [-0.2, 0) is 14.8 Å². The van der Waals surface area contributed by atoms with Gasteiger partial charge in [0, 0.05) is 32.0 Å². The highest BCUT2D eigenvalue weighted by atomic mass is 32.2. The third-order valence-electron chi connectivity index (χ3n) is 4.57. The van der Waals surface area contributed by atoms with Crippen molar-refractivity contribution in [2.45, 2.75) is 32.6 Å². The summed E-state index contributed by atoms with van der Waals surface area (Å²) in [6, 6.07) is 0. The van der Waals surface area contributed by atoms with E-state index in [0.717, 1.165) is 32.5 Å². The second-order valence-corrected chi connectivity index (χ2v) is 8.13. The number of carbonyl (C=O) groups excluding carboxylic acids is 1. The third kappa shape index (κ3) is 3.80. The summed E-state index contributed by atoms with van der Waals surface area (Å²) in [4.78, 5) is 14.7. The van der Waals surface area contributed by atoms with E-state index in [9.17, 15) is 13.2 Å². The Labute approximate surface area is 122 Å². The molecule has 2 heterocycles. The van der Waals surface area contributed by atoms with E-state index >= 15 is 0 Å². The summed E-state index contributed by atoms with van der Waals surface area (Å²) in [5, 5.41) is 0. The minimum atomic E-state index is -3.17. The van der Waals surface area contributed by atoms with Crippen LogP contribution in [-0.4, -0.2) is 62.4 Å². The number of sulfonamides is 1. The highest BCUT2D eigenvalue weighted by Crippen LogP contribution is 2.30. The van der Waals surface area contributed by atoms with Crippen LogP contribution in [0, 0.1) is 11.8 Å². The van der Waals surface area contributed by atoms with Gasteiger partial charge in [-0.15, -0.1) is 0 Å². The summed E-state index contributed by atoms with van der Waals surface area (Å²) in [6.45, 7) is 6.05. The van der Waals surface area contributed by atoms with Crippen LogP contribution in [0.1, 0.15) is 32.6 Å². The molecule has 0 amide bonds. The molecule has 2 aliphatic heterocycles. The molecule has 0 spiro atoms. The fraction of sp³-hybridized carbons (Fsp3) is 0.929. The number of Topliss-reactive ketones (excluding diaryl/α,β-unsaturated/α-hetero) is 1. The lowest BCUT2D eigenvalue weighted by molar-refractivity contribution is -0.124. The van der Waals surface area contributed by atoms with Crippen molar-refractivity contribution in [1.82, 2.24) is 9.21 Å². The van der Waals surface area contributed by atoms with Gasteiger partial charge in [-0.25, -0.2) is 12.7 Å². The van der Waals surface area contributed by atoms with Gasteiger partial charge in [-0.1, -0.05) is 13.3 Å². The van der Waals surface area contributed by atoms with Crippen molar-refractivity contribution < 1.29 is 13.2 Å². The smallest absolute Gasteiger partial charge is 0.211 e. The standard InChI is InChI=1S/C14H26N2O3S/c1-3-5-12-10-16(20(2,18)19)11-13(12)14(17)6-9-15-7-4-8-15/h12-13H,3-11H2,1-2H3/t12-,13?/m0/s1. The summed E-state index contributed by atoms with van der Waals surface area (Å²) in [7, 11) is -3.17. The van der Waals surface area contributed by atoms with E-state index in [1.807, 2.05) is 0 Å². The molecule has 1 unspecified atom stereocenters. The Bertz CT molecular complexity index is 445. The first-order valence-corrected chi connectivity index (χ1v) is 9.47. The van der Waals surface area contributed by atoms with Gasteiger partial charge in [-0.3, -0.25) is 4.79 Å². The minimum absolute atomic E-state index is 0.0917. The van der Waals surface area contributed by atoms with Crippen LogP contribution in [0.4, 0.5) is 0 Å². The fourth-order valence-corrected chi connectivity index (χ4v) is 4.08. The molecule has 5 nitrogen and oxygen atoms in total. The lowest BCUT2D eigenvalue weighted by Gasteiger charge is -2.30. The Morgan fingerprint density at radius 3 is 2.45 bits per heavy atom. The molecular formula is C14H26N2O3S. The Balaban J connectivity index is 1.93. The van der Waals surface area contributed by atoms with Crippen LogP contribution in [0.3, 0.4) is 0 Å². The summed E-state index contributed by atoms with van der Waals surface area (Å²) in [6.07, 6.45) is 4.98. The molecule has 0 bridgehead atoms.